The van der Waals surface area contributed by atoms with Crippen molar-refractivity contribution in [2.75, 3.05) is 20.8 Å². The predicted octanol–water partition coefficient (Wildman–Crippen LogP) is 4.31. The molecular formula is C23H36N2O3. The molecule has 28 heavy (non-hydrogen) atoms. The molecule has 1 heterocycles. The van der Waals surface area contributed by atoms with E-state index >= 15 is 0 Å². The average Bonchev–Trinajstić information content (AvgIpc) is 2.70. The molecule has 0 amide bonds. The van der Waals surface area contributed by atoms with E-state index in [2.05, 4.69) is 42.3 Å². The molecule has 0 spiro atoms. The molecule has 0 aliphatic heterocycles. The Morgan fingerprint density at radius 3 is 2.39 bits per heavy atom. The number of aromatic nitrogens is 1. The second-order valence-electron chi connectivity index (χ2n) is 7.38. The van der Waals surface area contributed by atoms with E-state index in [0.717, 1.165) is 48.7 Å². The second-order valence-corrected chi connectivity index (χ2v) is 7.38. The van der Waals surface area contributed by atoms with Crippen LogP contribution in [-0.4, -0.2) is 32.0 Å². The molecule has 156 valence electrons. The first-order valence-electron chi connectivity index (χ1n) is 10.6. The van der Waals surface area contributed by atoms with Crippen molar-refractivity contribution in [3.8, 4) is 0 Å². The summed E-state index contributed by atoms with van der Waals surface area (Å²) in [6.07, 6.45) is 7.25. The van der Waals surface area contributed by atoms with Crippen molar-refractivity contribution < 1.29 is 9.47 Å². The smallest absolute Gasteiger partial charge is 0.251 e. The van der Waals surface area contributed by atoms with Crippen LogP contribution < -0.4 is 10.9 Å². The number of rotatable bonds is 13. The largest absolute Gasteiger partial charge is 0.355 e. The molecule has 0 aliphatic carbocycles. The lowest BCUT2D eigenvalue weighted by molar-refractivity contribution is -0.0989. The standard InChI is InChI=1S/C23H36N2O3/c1-5-7-9-11-18-19-13-12-17(15-24-16-22(27-3)28-4)14-21(19)25-23(26)20(18)10-8-6-2/h12-14,22,24H,5-11,15-16H2,1-4H3,(H,25,26). The molecule has 0 aliphatic rings. The lowest BCUT2D eigenvalue weighted by Crippen LogP contribution is -2.29. The highest BCUT2D eigenvalue weighted by Crippen LogP contribution is 2.23. The maximum absolute atomic E-state index is 12.8. The van der Waals surface area contributed by atoms with Crippen LogP contribution in [0.25, 0.3) is 10.9 Å². The minimum atomic E-state index is -0.258. The maximum atomic E-state index is 12.8. The molecule has 0 saturated carbocycles. The van der Waals surface area contributed by atoms with Gasteiger partial charge in [-0.1, -0.05) is 45.2 Å². The van der Waals surface area contributed by atoms with Crippen LogP contribution in [0, 0.1) is 0 Å². The van der Waals surface area contributed by atoms with E-state index in [1.54, 1.807) is 14.2 Å². The van der Waals surface area contributed by atoms with E-state index in [9.17, 15) is 4.79 Å². The maximum Gasteiger partial charge on any atom is 0.251 e. The van der Waals surface area contributed by atoms with Gasteiger partial charge in [-0.15, -0.1) is 0 Å². The van der Waals surface area contributed by atoms with Crippen LogP contribution in [0.15, 0.2) is 23.0 Å². The van der Waals surface area contributed by atoms with Crippen LogP contribution in [0.4, 0.5) is 0 Å². The summed E-state index contributed by atoms with van der Waals surface area (Å²) in [4.78, 5) is 15.9. The fourth-order valence-corrected chi connectivity index (χ4v) is 3.62. The molecule has 2 rings (SSSR count). The van der Waals surface area contributed by atoms with Gasteiger partial charge in [0.1, 0.15) is 0 Å². The summed E-state index contributed by atoms with van der Waals surface area (Å²) in [5.41, 5.74) is 4.38. The predicted molar refractivity (Wildman–Crippen MR) is 116 cm³/mol. The van der Waals surface area contributed by atoms with Crippen LogP contribution >= 0.6 is 0 Å². The summed E-state index contributed by atoms with van der Waals surface area (Å²) >= 11 is 0. The van der Waals surface area contributed by atoms with Gasteiger partial charge in [-0.2, -0.15) is 0 Å². The summed E-state index contributed by atoms with van der Waals surface area (Å²) < 4.78 is 10.4. The zero-order chi connectivity index (χ0) is 20.4. The number of aromatic amines is 1. The number of unbranched alkanes of at least 4 members (excludes halogenated alkanes) is 3. The van der Waals surface area contributed by atoms with Gasteiger partial charge in [-0.3, -0.25) is 4.79 Å². The fourth-order valence-electron chi connectivity index (χ4n) is 3.62. The third kappa shape index (κ3) is 6.16. The van der Waals surface area contributed by atoms with Crippen molar-refractivity contribution in [1.29, 1.82) is 0 Å². The third-order valence-electron chi connectivity index (χ3n) is 5.27. The minimum Gasteiger partial charge on any atom is -0.355 e. The highest BCUT2D eigenvalue weighted by atomic mass is 16.7. The normalized spacial score (nSPS) is 11.6. The molecule has 0 radical (unpaired) electrons. The third-order valence-corrected chi connectivity index (χ3v) is 5.27. The van der Waals surface area contributed by atoms with Gasteiger partial charge in [0.25, 0.3) is 5.56 Å². The number of methoxy groups -OCH3 is 2. The number of aryl methyl sites for hydroxylation is 1. The topological polar surface area (TPSA) is 63.4 Å². The van der Waals surface area contributed by atoms with E-state index in [1.807, 2.05) is 0 Å². The molecule has 0 unspecified atom stereocenters. The van der Waals surface area contributed by atoms with Crippen LogP contribution in [0.3, 0.4) is 0 Å². The summed E-state index contributed by atoms with van der Waals surface area (Å²) in [5, 5.41) is 4.53. The van der Waals surface area contributed by atoms with Crippen molar-refractivity contribution in [3.05, 3.63) is 45.2 Å². The first kappa shape index (κ1) is 22.6. The van der Waals surface area contributed by atoms with E-state index in [4.69, 9.17) is 9.47 Å². The van der Waals surface area contributed by atoms with Gasteiger partial charge in [0.15, 0.2) is 6.29 Å². The molecule has 0 bridgehead atoms. The molecule has 5 heteroatoms. The average molecular weight is 389 g/mol. The number of benzene rings is 1. The highest BCUT2D eigenvalue weighted by molar-refractivity contribution is 5.83. The Bertz CT molecular complexity index is 781. The SMILES string of the molecule is CCCCCc1c(CCCC)c(=O)[nH]c2cc(CNCC(OC)OC)ccc12. The monoisotopic (exact) mass is 388 g/mol. The van der Waals surface area contributed by atoms with Gasteiger partial charge in [-0.05, 0) is 42.9 Å². The summed E-state index contributed by atoms with van der Waals surface area (Å²) in [6.45, 7) is 5.69. The van der Waals surface area contributed by atoms with E-state index in [0.29, 0.717) is 13.1 Å². The first-order valence-corrected chi connectivity index (χ1v) is 10.6. The molecule has 5 nitrogen and oxygen atoms in total. The Hall–Kier alpha value is -1.69. The van der Waals surface area contributed by atoms with Crippen molar-refractivity contribution in [3.63, 3.8) is 0 Å². The Morgan fingerprint density at radius 2 is 1.71 bits per heavy atom. The van der Waals surface area contributed by atoms with Gasteiger partial charge >= 0.3 is 0 Å². The van der Waals surface area contributed by atoms with Crippen molar-refractivity contribution in [1.82, 2.24) is 10.3 Å². The lowest BCUT2D eigenvalue weighted by Gasteiger charge is -2.15. The highest BCUT2D eigenvalue weighted by Gasteiger charge is 2.13. The number of hydrogen-bond donors (Lipinski definition) is 2. The Morgan fingerprint density at radius 1 is 1.00 bits per heavy atom. The molecule has 1 aromatic heterocycles. The zero-order valence-electron chi connectivity index (χ0n) is 17.9. The van der Waals surface area contributed by atoms with Crippen LogP contribution in [-0.2, 0) is 28.9 Å². The van der Waals surface area contributed by atoms with Gasteiger partial charge in [0, 0.05) is 43.8 Å². The molecule has 0 atom stereocenters. The number of nitrogens with one attached hydrogen (secondary N) is 2. The summed E-state index contributed by atoms with van der Waals surface area (Å²) in [5.74, 6) is 0. The minimum absolute atomic E-state index is 0.0800. The number of pyridine rings is 1. The molecule has 1 aromatic carbocycles. The van der Waals surface area contributed by atoms with Crippen LogP contribution in [0.5, 0.6) is 0 Å². The Labute approximate surface area is 168 Å². The van der Waals surface area contributed by atoms with E-state index in [1.165, 1.54) is 23.8 Å². The van der Waals surface area contributed by atoms with Gasteiger partial charge in [0.05, 0.1) is 0 Å². The number of fused-ring (bicyclic) bond motifs is 1. The second kappa shape index (κ2) is 12.0. The zero-order valence-corrected chi connectivity index (χ0v) is 17.9. The molecule has 2 N–H and O–H groups in total. The Kier molecular flexibility index (Phi) is 9.68. The first-order chi connectivity index (χ1) is 13.6. The van der Waals surface area contributed by atoms with Crippen LogP contribution in [0.2, 0.25) is 0 Å². The van der Waals surface area contributed by atoms with Crippen molar-refractivity contribution in [2.24, 2.45) is 0 Å². The molecular weight excluding hydrogens is 352 g/mol. The fraction of sp³-hybridized carbons (Fsp3) is 0.609. The quantitative estimate of drug-likeness (QED) is 0.396. The van der Waals surface area contributed by atoms with Crippen LogP contribution in [0.1, 0.15) is 62.6 Å². The van der Waals surface area contributed by atoms with Gasteiger partial charge < -0.3 is 19.8 Å². The molecule has 0 fully saturated rings. The summed E-state index contributed by atoms with van der Waals surface area (Å²) in [6, 6.07) is 6.41. The van der Waals surface area contributed by atoms with Gasteiger partial charge in [0.2, 0.25) is 0 Å². The van der Waals surface area contributed by atoms with E-state index < -0.39 is 0 Å². The number of hydrogen-bond acceptors (Lipinski definition) is 4. The number of H-pyrrole nitrogens is 1. The van der Waals surface area contributed by atoms with E-state index in [-0.39, 0.29) is 11.8 Å². The van der Waals surface area contributed by atoms with Gasteiger partial charge in [-0.25, -0.2) is 0 Å². The molecule has 2 aromatic rings. The Balaban J connectivity index is 2.27. The summed E-state index contributed by atoms with van der Waals surface area (Å²) in [7, 11) is 3.26. The van der Waals surface area contributed by atoms with Crippen molar-refractivity contribution >= 4 is 10.9 Å². The number of ether oxygens (including phenoxy) is 2. The molecule has 0 saturated heterocycles. The lowest BCUT2D eigenvalue weighted by atomic mass is 9.94. The van der Waals surface area contributed by atoms with Crippen molar-refractivity contribution in [2.45, 2.75) is 71.6 Å².